The molecule has 17 heavy (non-hydrogen) atoms. The molecule has 1 spiro atoms. The molecule has 2 rings (SSSR count). The maximum Gasteiger partial charge on any atom is 0.313 e. The second kappa shape index (κ2) is 4.94. The van der Waals surface area contributed by atoms with Crippen LogP contribution in [0.1, 0.15) is 39.0 Å². The van der Waals surface area contributed by atoms with E-state index in [2.05, 4.69) is 6.92 Å². The zero-order valence-corrected chi connectivity index (χ0v) is 10.8. The molecule has 0 amide bonds. The summed E-state index contributed by atoms with van der Waals surface area (Å²) >= 11 is 0. The van der Waals surface area contributed by atoms with Crippen LogP contribution in [0.15, 0.2) is 0 Å². The predicted octanol–water partition coefficient (Wildman–Crippen LogP) is 1.47. The summed E-state index contributed by atoms with van der Waals surface area (Å²) in [7, 11) is 1.43. The monoisotopic (exact) mass is 241 g/mol. The van der Waals surface area contributed by atoms with Gasteiger partial charge in [0, 0.05) is 6.04 Å². The number of ether oxygens (including phenoxy) is 2. The third-order valence-corrected chi connectivity index (χ3v) is 4.54. The molecule has 0 aromatic carbocycles. The minimum atomic E-state index is -0.335. The third-order valence-electron chi connectivity index (χ3n) is 4.54. The molecule has 0 bridgehead atoms. The van der Waals surface area contributed by atoms with Gasteiger partial charge < -0.3 is 15.2 Å². The van der Waals surface area contributed by atoms with Gasteiger partial charge in [-0.15, -0.1) is 0 Å². The summed E-state index contributed by atoms with van der Waals surface area (Å²) in [6, 6.07) is -0.208. The van der Waals surface area contributed by atoms with E-state index in [0.29, 0.717) is 6.61 Å². The van der Waals surface area contributed by atoms with Crippen molar-refractivity contribution in [2.24, 2.45) is 17.6 Å². The highest BCUT2D eigenvalue weighted by molar-refractivity contribution is 5.75. The van der Waals surface area contributed by atoms with Crippen molar-refractivity contribution in [2.45, 2.75) is 50.7 Å². The number of carbonyl (C=O) groups excluding carboxylic acids is 1. The standard InChI is InChI=1S/C13H23NO3/c1-3-9-4-6-13(7-5-9)11(12(15)16-2)10(14)8-17-13/h9-11H,3-8,14H2,1-2H3. The van der Waals surface area contributed by atoms with Gasteiger partial charge in [-0.25, -0.2) is 0 Å². The SMILES string of the molecule is CCC1CCC2(CC1)OCC(N)C2C(=O)OC. The van der Waals surface area contributed by atoms with E-state index in [9.17, 15) is 4.79 Å². The average Bonchev–Trinajstić information content (AvgIpc) is 2.67. The van der Waals surface area contributed by atoms with Gasteiger partial charge in [-0.3, -0.25) is 4.79 Å². The quantitative estimate of drug-likeness (QED) is 0.744. The van der Waals surface area contributed by atoms with Gasteiger partial charge in [-0.2, -0.15) is 0 Å². The molecular formula is C13H23NO3. The molecule has 2 N–H and O–H groups in total. The van der Waals surface area contributed by atoms with Crippen LogP contribution in [0.4, 0.5) is 0 Å². The van der Waals surface area contributed by atoms with Crippen LogP contribution in [-0.4, -0.2) is 31.3 Å². The van der Waals surface area contributed by atoms with Crippen molar-refractivity contribution in [3.63, 3.8) is 0 Å². The van der Waals surface area contributed by atoms with Crippen LogP contribution in [-0.2, 0) is 14.3 Å². The normalized spacial score (nSPS) is 41.7. The fourth-order valence-electron chi connectivity index (χ4n) is 3.38. The van der Waals surface area contributed by atoms with Crippen molar-refractivity contribution in [2.75, 3.05) is 13.7 Å². The minimum Gasteiger partial charge on any atom is -0.469 e. The number of carbonyl (C=O) groups is 1. The second-order valence-corrected chi connectivity index (χ2v) is 5.39. The fourth-order valence-corrected chi connectivity index (χ4v) is 3.38. The summed E-state index contributed by atoms with van der Waals surface area (Å²) < 4.78 is 10.8. The van der Waals surface area contributed by atoms with Crippen LogP contribution in [0, 0.1) is 11.8 Å². The van der Waals surface area contributed by atoms with Gasteiger partial charge >= 0.3 is 5.97 Å². The van der Waals surface area contributed by atoms with Crippen LogP contribution in [0.25, 0.3) is 0 Å². The first kappa shape index (κ1) is 12.8. The molecule has 1 saturated carbocycles. The lowest BCUT2D eigenvalue weighted by Gasteiger charge is -2.39. The van der Waals surface area contributed by atoms with Crippen molar-refractivity contribution in [3.05, 3.63) is 0 Å². The molecule has 4 nitrogen and oxygen atoms in total. The highest BCUT2D eigenvalue weighted by atomic mass is 16.5. The number of methoxy groups -OCH3 is 1. The molecule has 4 heteroatoms. The Kier molecular flexibility index (Phi) is 3.73. The molecule has 2 unspecified atom stereocenters. The Hall–Kier alpha value is -0.610. The Balaban J connectivity index is 2.11. The predicted molar refractivity (Wildman–Crippen MR) is 64.4 cm³/mol. The molecule has 2 aliphatic rings. The molecule has 2 fully saturated rings. The van der Waals surface area contributed by atoms with E-state index < -0.39 is 0 Å². The van der Waals surface area contributed by atoms with E-state index in [1.54, 1.807) is 0 Å². The van der Waals surface area contributed by atoms with Gasteiger partial charge in [0.05, 0.1) is 19.3 Å². The average molecular weight is 241 g/mol. The molecule has 1 aliphatic carbocycles. The lowest BCUT2D eigenvalue weighted by Crippen LogP contribution is -2.48. The van der Waals surface area contributed by atoms with Crippen molar-refractivity contribution >= 4 is 5.97 Å². The molecule has 0 aromatic heterocycles. The summed E-state index contributed by atoms with van der Waals surface area (Å²) in [5.74, 6) is 0.301. The number of hydrogen-bond donors (Lipinski definition) is 1. The van der Waals surface area contributed by atoms with Crippen molar-refractivity contribution in [1.29, 1.82) is 0 Å². The first-order chi connectivity index (χ1) is 8.13. The van der Waals surface area contributed by atoms with E-state index in [1.165, 1.54) is 13.5 Å². The number of rotatable bonds is 2. The Morgan fingerprint density at radius 3 is 2.65 bits per heavy atom. The van der Waals surface area contributed by atoms with Crippen molar-refractivity contribution < 1.29 is 14.3 Å². The molecule has 0 aromatic rings. The van der Waals surface area contributed by atoms with Gasteiger partial charge in [-0.05, 0) is 31.6 Å². The van der Waals surface area contributed by atoms with Gasteiger partial charge in [0.15, 0.2) is 0 Å². The van der Waals surface area contributed by atoms with Crippen molar-refractivity contribution in [3.8, 4) is 0 Å². The largest absolute Gasteiger partial charge is 0.469 e. The van der Waals surface area contributed by atoms with Gasteiger partial charge in [0.2, 0.25) is 0 Å². The minimum absolute atomic E-state index is 0.204. The Morgan fingerprint density at radius 2 is 2.12 bits per heavy atom. The van der Waals surface area contributed by atoms with Crippen molar-refractivity contribution in [1.82, 2.24) is 0 Å². The topological polar surface area (TPSA) is 61.5 Å². The summed E-state index contributed by atoms with van der Waals surface area (Å²) in [4.78, 5) is 11.9. The lowest BCUT2D eigenvalue weighted by molar-refractivity contribution is -0.155. The number of nitrogens with two attached hydrogens (primary N) is 1. The van der Waals surface area contributed by atoms with E-state index >= 15 is 0 Å². The fraction of sp³-hybridized carbons (Fsp3) is 0.923. The molecule has 1 saturated heterocycles. The summed E-state index contributed by atoms with van der Waals surface area (Å²) in [5.41, 5.74) is 5.67. The van der Waals surface area contributed by atoms with E-state index in [0.717, 1.165) is 31.6 Å². The molecular weight excluding hydrogens is 218 g/mol. The Labute approximate surface area is 103 Å². The van der Waals surface area contributed by atoms with E-state index in [-0.39, 0.29) is 23.5 Å². The summed E-state index contributed by atoms with van der Waals surface area (Å²) in [5, 5.41) is 0. The maximum atomic E-state index is 11.9. The van der Waals surface area contributed by atoms with Crippen LogP contribution in [0.5, 0.6) is 0 Å². The number of esters is 1. The molecule has 98 valence electrons. The zero-order valence-electron chi connectivity index (χ0n) is 10.8. The van der Waals surface area contributed by atoms with Crippen LogP contribution in [0.3, 0.4) is 0 Å². The number of hydrogen-bond acceptors (Lipinski definition) is 4. The summed E-state index contributed by atoms with van der Waals surface area (Å²) in [6.07, 6.45) is 5.37. The molecule has 0 radical (unpaired) electrons. The van der Waals surface area contributed by atoms with Crippen LogP contribution < -0.4 is 5.73 Å². The van der Waals surface area contributed by atoms with E-state index in [1.807, 2.05) is 0 Å². The highest BCUT2D eigenvalue weighted by Crippen LogP contribution is 2.45. The zero-order chi connectivity index (χ0) is 12.5. The first-order valence-corrected chi connectivity index (χ1v) is 6.60. The third kappa shape index (κ3) is 2.20. The second-order valence-electron chi connectivity index (χ2n) is 5.39. The lowest BCUT2D eigenvalue weighted by atomic mass is 9.71. The first-order valence-electron chi connectivity index (χ1n) is 6.60. The van der Waals surface area contributed by atoms with E-state index in [4.69, 9.17) is 15.2 Å². The maximum absolute atomic E-state index is 11.9. The molecule has 1 heterocycles. The Morgan fingerprint density at radius 1 is 1.47 bits per heavy atom. The van der Waals surface area contributed by atoms with Gasteiger partial charge in [0.25, 0.3) is 0 Å². The smallest absolute Gasteiger partial charge is 0.313 e. The molecule has 1 aliphatic heterocycles. The van der Waals surface area contributed by atoms with Gasteiger partial charge in [-0.1, -0.05) is 13.3 Å². The Bertz CT molecular complexity index is 284. The van der Waals surface area contributed by atoms with Crippen LogP contribution >= 0.6 is 0 Å². The van der Waals surface area contributed by atoms with Crippen LogP contribution in [0.2, 0.25) is 0 Å². The highest BCUT2D eigenvalue weighted by Gasteiger charge is 2.54. The summed E-state index contributed by atoms with van der Waals surface area (Å²) in [6.45, 7) is 2.71. The van der Waals surface area contributed by atoms with Gasteiger partial charge in [0.1, 0.15) is 5.92 Å². The molecule has 2 atom stereocenters.